The molecule has 0 amide bonds. The molecule has 1 unspecified atom stereocenters. The van der Waals surface area contributed by atoms with Gasteiger partial charge in [0.2, 0.25) is 0 Å². The Hall–Kier alpha value is -2.44. The van der Waals surface area contributed by atoms with Gasteiger partial charge >= 0.3 is 5.97 Å². The lowest BCUT2D eigenvalue weighted by Gasteiger charge is -2.32. The number of hydrogen-bond acceptors (Lipinski definition) is 1. The number of hydrogen-bond donors (Lipinski definition) is 1. The van der Waals surface area contributed by atoms with Gasteiger partial charge in [0.1, 0.15) is 23.2 Å². The SMILES string of the molecule is CCC(C(=O)O)[P+](c1ccccc1)(c1ccccc1)c1ccccc1. The van der Waals surface area contributed by atoms with E-state index >= 15 is 0 Å². The van der Waals surface area contributed by atoms with E-state index in [0.717, 1.165) is 15.9 Å². The van der Waals surface area contributed by atoms with Crippen molar-refractivity contribution >= 4 is 29.1 Å². The summed E-state index contributed by atoms with van der Waals surface area (Å²) < 4.78 is 0. The van der Waals surface area contributed by atoms with Gasteiger partial charge in [-0.2, -0.15) is 0 Å². The van der Waals surface area contributed by atoms with E-state index < -0.39 is 18.9 Å². The third-order valence-electron chi connectivity index (χ3n) is 4.63. The lowest BCUT2D eigenvalue weighted by atomic mass is 10.3. The molecule has 0 aliphatic carbocycles. The number of carboxylic acid groups (broad SMARTS) is 1. The van der Waals surface area contributed by atoms with Crippen LogP contribution >= 0.6 is 7.26 Å². The van der Waals surface area contributed by atoms with Crippen LogP contribution in [0.5, 0.6) is 0 Å². The van der Waals surface area contributed by atoms with E-state index in [0.29, 0.717) is 6.42 Å². The van der Waals surface area contributed by atoms with Crippen LogP contribution in [0, 0.1) is 0 Å². The van der Waals surface area contributed by atoms with Crippen molar-refractivity contribution in [2.24, 2.45) is 0 Å². The van der Waals surface area contributed by atoms with E-state index in [2.05, 4.69) is 36.4 Å². The average Bonchev–Trinajstić information content (AvgIpc) is 2.68. The summed E-state index contributed by atoms with van der Waals surface area (Å²) in [6, 6.07) is 30.5. The fraction of sp³-hybridized carbons (Fsp3) is 0.136. The zero-order valence-electron chi connectivity index (χ0n) is 14.2. The Morgan fingerprint density at radius 1 is 0.760 bits per heavy atom. The summed E-state index contributed by atoms with van der Waals surface area (Å²) in [5, 5.41) is 13.5. The van der Waals surface area contributed by atoms with Crippen LogP contribution in [0.1, 0.15) is 13.3 Å². The molecule has 0 saturated heterocycles. The van der Waals surface area contributed by atoms with Gasteiger partial charge in [0.05, 0.1) is 0 Å². The molecule has 0 saturated carbocycles. The Kier molecular flexibility index (Phi) is 5.31. The van der Waals surface area contributed by atoms with E-state index in [-0.39, 0.29) is 0 Å². The molecule has 3 heteroatoms. The Bertz CT molecular complexity index is 720. The second-order valence-electron chi connectivity index (χ2n) is 5.99. The number of carbonyl (C=O) groups is 1. The molecule has 0 aliphatic rings. The molecule has 0 bridgehead atoms. The fourth-order valence-corrected chi connectivity index (χ4v) is 8.37. The molecule has 25 heavy (non-hydrogen) atoms. The molecule has 2 nitrogen and oxygen atoms in total. The largest absolute Gasteiger partial charge is 0.478 e. The van der Waals surface area contributed by atoms with Gasteiger partial charge in [-0.25, -0.2) is 4.79 Å². The summed E-state index contributed by atoms with van der Waals surface area (Å²) >= 11 is 0. The first-order valence-electron chi connectivity index (χ1n) is 8.49. The molecule has 0 aromatic heterocycles. The van der Waals surface area contributed by atoms with Gasteiger partial charge in [0, 0.05) is 0 Å². The minimum Gasteiger partial charge on any atom is -0.478 e. The third-order valence-corrected chi connectivity index (χ3v) is 9.49. The first kappa shape index (κ1) is 17.4. The van der Waals surface area contributed by atoms with Gasteiger partial charge in [-0.1, -0.05) is 61.5 Å². The van der Waals surface area contributed by atoms with Gasteiger partial charge < -0.3 is 5.11 Å². The molecular weight excluding hydrogens is 327 g/mol. The van der Waals surface area contributed by atoms with E-state index in [1.165, 1.54) is 0 Å². The van der Waals surface area contributed by atoms with E-state index in [4.69, 9.17) is 0 Å². The van der Waals surface area contributed by atoms with Crippen molar-refractivity contribution in [2.75, 3.05) is 0 Å². The van der Waals surface area contributed by atoms with Gasteiger partial charge in [-0.15, -0.1) is 0 Å². The summed E-state index contributed by atoms with van der Waals surface area (Å²) in [4.78, 5) is 12.3. The van der Waals surface area contributed by atoms with Crippen LogP contribution in [0.3, 0.4) is 0 Å². The van der Waals surface area contributed by atoms with Crippen LogP contribution in [0.15, 0.2) is 91.0 Å². The third kappa shape index (κ3) is 3.10. The van der Waals surface area contributed by atoms with Crippen LogP contribution in [0.4, 0.5) is 0 Å². The van der Waals surface area contributed by atoms with Crippen molar-refractivity contribution in [1.29, 1.82) is 0 Å². The summed E-state index contributed by atoms with van der Waals surface area (Å²) in [6.07, 6.45) is 0.585. The molecule has 1 N–H and O–H groups in total. The minimum atomic E-state index is -2.32. The normalized spacial score (nSPS) is 12.5. The smallest absolute Gasteiger partial charge is 0.345 e. The highest BCUT2D eigenvalue weighted by atomic mass is 31.2. The quantitative estimate of drug-likeness (QED) is 0.687. The number of carboxylic acids is 1. The van der Waals surface area contributed by atoms with Gasteiger partial charge in [-0.05, 0) is 42.8 Å². The summed E-state index contributed by atoms with van der Waals surface area (Å²) in [6.45, 7) is 1.97. The van der Waals surface area contributed by atoms with Crippen molar-refractivity contribution in [3.8, 4) is 0 Å². The maximum absolute atomic E-state index is 12.3. The lowest BCUT2D eigenvalue weighted by Crippen LogP contribution is -2.42. The lowest BCUT2D eigenvalue weighted by molar-refractivity contribution is -0.136. The monoisotopic (exact) mass is 349 g/mol. The van der Waals surface area contributed by atoms with Gasteiger partial charge in [-0.3, -0.25) is 0 Å². The maximum atomic E-state index is 12.3. The first-order valence-corrected chi connectivity index (χ1v) is 10.4. The topological polar surface area (TPSA) is 37.3 Å². The van der Waals surface area contributed by atoms with E-state index in [1.807, 2.05) is 61.5 Å². The molecule has 0 spiro atoms. The van der Waals surface area contributed by atoms with Crippen molar-refractivity contribution < 1.29 is 9.90 Å². The van der Waals surface area contributed by atoms with Crippen LogP contribution in [-0.2, 0) is 4.79 Å². The highest BCUT2D eigenvalue weighted by Crippen LogP contribution is 2.60. The molecule has 0 aliphatic heterocycles. The summed E-state index contributed by atoms with van der Waals surface area (Å²) in [5.41, 5.74) is -0.459. The molecule has 126 valence electrons. The van der Waals surface area contributed by atoms with Crippen molar-refractivity contribution in [2.45, 2.75) is 19.0 Å². The Morgan fingerprint density at radius 3 is 1.32 bits per heavy atom. The van der Waals surface area contributed by atoms with Crippen molar-refractivity contribution in [3.05, 3.63) is 91.0 Å². The zero-order valence-corrected chi connectivity index (χ0v) is 15.1. The Balaban J connectivity index is 2.42. The van der Waals surface area contributed by atoms with E-state index in [9.17, 15) is 9.90 Å². The molecule has 3 aromatic rings. The molecular formula is C22H22O2P+. The van der Waals surface area contributed by atoms with Crippen LogP contribution in [0.2, 0.25) is 0 Å². The Labute approximate surface area is 149 Å². The van der Waals surface area contributed by atoms with Gasteiger partial charge in [0.25, 0.3) is 0 Å². The number of rotatable bonds is 6. The highest BCUT2D eigenvalue weighted by molar-refractivity contribution is 7.96. The average molecular weight is 349 g/mol. The summed E-state index contributed by atoms with van der Waals surface area (Å²) in [7, 11) is -2.32. The van der Waals surface area contributed by atoms with Gasteiger partial charge in [0.15, 0.2) is 5.66 Å². The minimum absolute atomic E-state index is 0.459. The van der Waals surface area contributed by atoms with Crippen molar-refractivity contribution in [1.82, 2.24) is 0 Å². The molecule has 3 rings (SSSR count). The summed E-state index contributed by atoms with van der Waals surface area (Å²) in [5.74, 6) is -0.729. The highest BCUT2D eigenvalue weighted by Gasteiger charge is 2.54. The predicted octanol–water partition coefficient (Wildman–Crippen LogP) is 3.84. The fourth-order valence-electron chi connectivity index (χ4n) is 3.59. The second kappa shape index (κ2) is 7.63. The molecule has 0 heterocycles. The predicted molar refractivity (Wildman–Crippen MR) is 107 cm³/mol. The van der Waals surface area contributed by atoms with Crippen molar-refractivity contribution in [3.63, 3.8) is 0 Å². The van der Waals surface area contributed by atoms with E-state index in [1.54, 1.807) is 0 Å². The number of aliphatic carboxylic acids is 1. The van der Waals surface area contributed by atoms with Crippen LogP contribution < -0.4 is 15.9 Å². The Morgan fingerprint density at radius 2 is 1.08 bits per heavy atom. The molecule has 3 aromatic carbocycles. The molecule has 0 fully saturated rings. The molecule has 1 atom stereocenters. The standard InChI is InChI=1S/C22H21O2P/c1-2-21(22(23)24)25(18-12-6-3-7-13-18,19-14-8-4-9-15-19)20-16-10-5-11-17-20/h3-17,21H,2H2,1H3/p+1. The first-order chi connectivity index (χ1) is 12.2. The molecule has 0 radical (unpaired) electrons. The number of benzene rings is 3. The zero-order chi connectivity index (χ0) is 17.7. The second-order valence-corrected chi connectivity index (χ2v) is 9.61. The van der Waals surface area contributed by atoms with Crippen LogP contribution in [0.25, 0.3) is 0 Å². The van der Waals surface area contributed by atoms with Crippen LogP contribution in [-0.4, -0.2) is 16.7 Å². The maximum Gasteiger partial charge on any atom is 0.345 e.